The first-order valence-electron chi connectivity index (χ1n) is 10.9. The van der Waals surface area contributed by atoms with Crippen molar-refractivity contribution in [1.82, 2.24) is 10.3 Å². The van der Waals surface area contributed by atoms with Gasteiger partial charge in [-0.2, -0.15) is 0 Å². The lowest BCUT2D eigenvalue weighted by Gasteiger charge is -2.30. The molecule has 2 N–H and O–H groups in total. The number of carbonyl (C=O) groups is 1. The zero-order valence-corrected chi connectivity index (χ0v) is 21.2. The summed E-state index contributed by atoms with van der Waals surface area (Å²) in [5.41, 5.74) is 1.50. The highest BCUT2D eigenvalue weighted by molar-refractivity contribution is 7.92. The normalized spacial score (nSPS) is 13.8. The number of hydrogen-bond donors (Lipinski definition) is 2. The molecule has 2 aromatic carbocycles. The maximum Gasteiger partial charge on any atom is 0.255 e. The van der Waals surface area contributed by atoms with Crippen LogP contribution in [0.15, 0.2) is 71.8 Å². The number of halogens is 1. The molecule has 1 amide bonds. The number of phenolic OH excluding ortho intramolecular Hbond substituents is 1. The summed E-state index contributed by atoms with van der Waals surface area (Å²) in [6.45, 7) is 7.55. The van der Waals surface area contributed by atoms with Gasteiger partial charge in [-0.05, 0) is 67.4 Å². The van der Waals surface area contributed by atoms with Crippen LogP contribution in [0.5, 0.6) is 5.75 Å². The lowest BCUT2D eigenvalue weighted by molar-refractivity contribution is 0.0947. The lowest BCUT2D eigenvalue weighted by atomic mass is 9.89. The quantitative estimate of drug-likeness (QED) is 0.478. The highest BCUT2D eigenvalue weighted by Gasteiger charge is 2.41. The van der Waals surface area contributed by atoms with E-state index in [0.29, 0.717) is 5.02 Å². The molecule has 34 heavy (non-hydrogen) atoms. The van der Waals surface area contributed by atoms with Crippen LogP contribution in [-0.4, -0.2) is 35.7 Å². The van der Waals surface area contributed by atoms with Gasteiger partial charge in [0, 0.05) is 28.9 Å². The number of aromatic hydroxyl groups is 1. The van der Waals surface area contributed by atoms with E-state index in [4.69, 9.17) is 11.6 Å². The van der Waals surface area contributed by atoms with Crippen molar-refractivity contribution in [2.45, 2.75) is 49.2 Å². The molecule has 0 saturated carbocycles. The average molecular weight is 501 g/mol. The monoisotopic (exact) mass is 500 g/mol. The molecule has 8 heteroatoms. The SMILES string of the molecule is CC(C)(C)c1cc(CC(C)(CNC(=O)c2ccccc2O)S(=O)(=O)c2ccc(Cl)cc2)ccn1. The van der Waals surface area contributed by atoms with E-state index in [0.717, 1.165) is 11.3 Å². The van der Waals surface area contributed by atoms with Gasteiger partial charge in [-0.1, -0.05) is 44.5 Å². The van der Waals surface area contributed by atoms with E-state index in [1.54, 1.807) is 31.3 Å². The molecule has 0 radical (unpaired) electrons. The molecule has 1 aromatic heterocycles. The number of nitrogens with zero attached hydrogens (tertiary/aromatic N) is 1. The number of para-hydroxylation sites is 1. The first-order valence-corrected chi connectivity index (χ1v) is 12.7. The Bertz CT molecular complexity index is 1280. The second kappa shape index (κ2) is 9.76. The molecule has 1 heterocycles. The number of phenols is 1. The maximum absolute atomic E-state index is 13.8. The molecule has 1 atom stereocenters. The van der Waals surface area contributed by atoms with Crippen LogP contribution in [0.2, 0.25) is 5.02 Å². The molecule has 1 unspecified atom stereocenters. The van der Waals surface area contributed by atoms with E-state index in [-0.39, 0.29) is 34.6 Å². The lowest BCUT2D eigenvalue weighted by Crippen LogP contribution is -2.48. The molecule has 3 rings (SSSR count). The van der Waals surface area contributed by atoms with Gasteiger partial charge in [0.15, 0.2) is 9.84 Å². The van der Waals surface area contributed by atoms with Crippen molar-refractivity contribution >= 4 is 27.3 Å². The van der Waals surface area contributed by atoms with Crippen LogP contribution in [0.1, 0.15) is 49.3 Å². The van der Waals surface area contributed by atoms with E-state index < -0.39 is 20.5 Å². The number of hydrogen-bond acceptors (Lipinski definition) is 5. The summed E-state index contributed by atoms with van der Waals surface area (Å²) >= 11 is 5.97. The summed E-state index contributed by atoms with van der Waals surface area (Å²) in [7, 11) is -3.91. The predicted molar refractivity (Wildman–Crippen MR) is 134 cm³/mol. The Morgan fingerprint density at radius 1 is 1.03 bits per heavy atom. The number of amides is 1. The van der Waals surface area contributed by atoms with Gasteiger partial charge in [0.25, 0.3) is 5.91 Å². The molecular weight excluding hydrogens is 472 g/mol. The maximum atomic E-state index is 13.8. The minimum atomic E-state index is -3.91. The molecule has 180 valence electrons. The van der Waals surface area contributed by atoms with E-state index in [2.05, 4.69) is 10.3 Å². The van der Waals surface area contributed by atoms with Crippen LogP contribution in [0.25, 0.3) is 0 Å². The number of nitrogens with one attached hydrogen (secondary N) is 1. The van der Waals surface area contributed by atoms with Gasteiger partial charge in [-0.15, -0.1) is 0 Å². The number of benzene rings is 2. The number of aromatic nitrogens is 1. The third kappa shape index (κ3) is 5.59. The summed E-state index contributed by atoms with van der Waals surface area (Å²) in [4.78, 5) is 17.3. The van der Waals surface area contributed by atoms with Crippen molar-refractivity contribution in [1.29, 1.82) is 0 Å². The fourth-order valence-electron chi connectivity index (χ4n) is 3.61. The molecule has 0 spiro atoms. The van der Waals surface area contributed by atoms with Crippen molar-refractivity contribution in [3.63, 3.8) is 0 Å². The standard InChI is InChI=1S/C26H29ClN2O4S/c1-25(2,3)23-15-18(13-14-28-23)16-26(4,34(32,33)20-11-9-19(27)10-12-20)17-29-24(31)21-7-5-6-8-22(21)30/h5-15,30H,16-17H2,1-4H3,(H,29,31). The van der Waals surface area contributed by atoms with E-state index >= 15 is 0 Å². The summed E-state index contributed by atoms with van der Waals surface area (Å²) in [5, 5.41) is 13.2. The Morgan fingerprint density at radius 3 is 2.29 bits per heavy atom. The summed E-state index contributed by atoms with van der Waals surface area (Å²) in [6.07, 6.45) is 1.82. The van der Waals surface area contributed by atoms with Gasteiger partial charge in [0.2, 0.25) is 0 Å². The fourth-order valence-corrected chi connectivity index (χ4v) is 5.41. The minimum Gasteiger partial charge on any atom is -0.507 e. The Labute approximate surface area is 205 Å². The number of sulfone groups is 1. The predicted octanol–water partition coefficient (Wildman–Crippen LogP) is 4.94. The van der Waals surface area contributed by atoms with Crippen LogP contribution in [0.3, 0.4) is 0 Å². The molecule has 0 saturated heterocycles. The molecule has 0 fully saturated rings. The van der Waals surface area contributed by atoms with Gasteiger partial charge in [-0.25, -0.2) is 8.42 Å². The van der Waals surface area contributed by atoms with Gasteiger partial charge in [-0.3, -0.25) is 9.78 Å². The molecule has 0 bridgehead atoms. The number of rotatable bonds is 7. The third-order valence-corrected chi connectivity index (χ3v) is 8.45. The van der Waals surface area contributed by atoms with Gasteiger partial charge in [0.05, 0.1) is 15.2 Å². The largest absolute Gasteiger partial charge is 0.507 e. The average Bonchev–Trinajstić information content (AvgIpc) is 2.77. The van der Waals surface area contributed by atoms with Crippen LogP contribution in [0.4, 0.5) is 0 Å². The minimum absolute atomic E-state index is 0.0765. The second-order valence-corrected chi connectivity index (χ2v) is 12.5. The fraction of sp³-hybridized carbons (Fsp3) is 0.308. The van der Waals surface area contributed by atoms with Crippen LogP contribution in [0, 0.1) is 0 Å². The number of carbonyl (C=O) groups excluding carboxylic acids is 1. The smallest absolute Gasteiger partial charge is 0.255 e. The van der Waals surface area contributed by atoms with Gasteiger partial charge >= 0.3 is 0 Å². The highest BCUT2D eigenvalue weighted by Crippen LogP contribution is 2.31. The molecule has 0 aliphatic heterocycles. The summed E-state index contributed by atoms with van der Waals surface area (Å²) in [5.74, 6) is -0.730. The van der Waals surface area contributed by atoms with Crippen molar-refractivity contribution < 1.29 is 18.3 Å². The number of pyridine rings is 1. The Kier molecular flexibility index (Phi) is 7.38. The molecular formula is C26H29ClN2O4S. The zero-order valence-electron chi connectivity index (χ0n) is 19.7. The molecule has 0 aliphatic rings. The first kappa shape index (κ1) is 25.7. The van der Waals surface area contributed by atoms with Crippen LogP contribution in [-0.2, 0) is 21.7 Å². The zero-order chi connectivity index (χ0) is 25.1. The molecule has 0 aliphatic carbocycles. The van der Waals surface area contributed by atoms with Crippen molar-refractivity contribution in [2.75, 3.05) is 6.54 Å². The topological polar surface area (TPSA) is 96.4 Å². The highest BCUT2D eigenvalue weighted by atomic mass is 35.5. The van der Waals surface area contributed by atoms with Gasteiger partial charge < -0.3 is 10.4 Å². The Morgan fingerprint density at radius 2 is 1.68 bits per heavy atom. The Hall–Kier alpha value is -2.90. The van der Waals surface area contributed by atoms with E-state index in [9.17, 15) is 18.3 Å². The second-order valence-electron chi connectivity index (χ2n) is 9.58. The molecule has 6 nitrogen and oxygen atoms in total. The van der Waals surface area contributed by atoms with Crippen LogP contribution < -0.4 is 5.32 Å². The summed E-state index contributed by atoms with van der Waals surface area (Å²) in [6, 6.07) is 15.8. The molecule has 3 aromatic rings. The first-order chi connectivity index (χ1) is 15.8. The van der Waals surface area contributed by atoms with Gasteiger partial charge in [0.1, 0.15) is 5.75 Å². The van der Waals surface area contributed by atoms with Crippen LogP contribution >= 0.6 is 11.6 Å². The van der Waals surface area contributed by atoms with E-state index in [1.807, 2.05) is 26.8 Å². The van der Waals surface area contributed by atoms with Crippen molar-refractivity contribution in [3.8, 4) is 5.75 Å². The van der Waals surface area contributed by atoms with Crippen molar-refractivity contribution in [3.05, 3.63) is 88.7 Å². The summed E-state index contributed by atoms with van der Waals surface area (Å²) < 4.78 is 26.2. The van der Waals surface area contributed by atoms with Crippen molar-refractivity contribution in [2.24, 2.45) is 0 Å². The Balaban J connectivity index is 2.00. The van der Waals surface area contributed by atoms with E-state index in [1.165, 1.54) is 36.4 Å². The third-order valence-electron chi connectivity index (χ3n) is 5.72.